The van der Waals surface area contributed by atoms with Crippen molar-refractivity contribution >= 4 is 5.82 Å². The number of anilines is 1. The highest BCUT2D eigenvalue weighted by Gasteiger charge is 2.18. The number of benzene rings is 1. The average Bonchev–Trinajstić information content (AvgIpc) is 3.24. The quantitative estimate of drug-likeness (QED) is 0.685. The van der Waals surface area contributed by atoms with Crippen LogP contribution in [0, 0.1) is 0 Å². The Morgan fingerprint density at radius 3 is 2.46 bits per heavy atom. The number of aryl methyl sites for hydroxylation is 1. The van der Waals surface area contributed by atoms with Gasteiger partial charge in [-0.05, 0) is 31.0 Å². The lowest BCUT2D eigenvalue weighted by Crippen LogP contribution is -2.47. The van der Waals surface area contributed by atoms with Crippen LogP contribution in [0.25, 0.3) is 5.82 Å². The molecule has 6 nitrogen and oxygen atoms in total. The molecule has 0 amide bonds. The van der Waals surface area contributed by atoms with E-state index in [0.29, 0.717) is 0 Å². The van der Waals surface area contributed by atoms with E-state index in [4.69, 9.17) is 0 Å². The number of aromatic nitrogens is 4. The molecule has 134 valence electrons. The van der Waals surface area contributed by atoms with E-state index < -0.39 is 0 Å². The Balaban J connectivity index is 1.28. The minimum Gasteiger partial charge on any atom is -0.354 e. The van der Waals surface area contributed by atoms with E-state index in [1.165, 1.54) is 12.0 Å². The van der Waals surface area contributed by atoms with Crippen LogP contribution >= 0.6 is 0 Å². The number of nitrogens with zero attached hydrogens (tertiary/aromatic N) is 6. The van der Waals surface area contributed by atoms with Gasteiger partial charge >= 0.3 is 0 Å². The van der Waals surface area contributed by atoms with Crippen LogP contribution in [0.3, 0.4) is 0 Å². The first-order valence-corrected chi connectivity index (χ1v) is 9.22. The summed E-state index contributed by atoms with van der Waals surface area (Å²) in [6.45, 7) is 5.32. The third kappa shape index (κ3) is 4.08. The lowest BCUT2D eigenvalue weighted by Gasteiger charge is -2.35. The molecular formula is C20H24N6. The third-order valence-electron chi connectivity index (χ3n) is 4.86. The van der Waals surface area contributed by atoms with Crippen LogP contribution in [-0.4, -0.2) is 57.4 Å². The monoisotopic (exact) mass is 348 g/mol. The Kier molecular flexibility index (Phi) is 5.21. The van der Waals surface area contributed by atoms with Crippen LogP contribution in [0.5, 0.6) is 0 Å². The van der Waals surface area contributed by atoms with Gasteiger partial charge < -0.3 is 4.90 Å². The van der Waals surface area contributed by atoms with Crippen LogP contribution in [0.4, 0.5) is 5.82 Å². The van der Waals surface area contributed by atoms with E-state index in [-0.39, 0.29) is 0 Å². The van der Waals surface area contributed by atoms with Gasteiger partial charge in [-0.15, -0.1) is 0 Å². The molecule has 0 atom stereocenters. The van der Waals surface area contributed by atoms with E-state index in [0.717, 1.165) is 50.8 Å². The van der Waals surface area contributed by atoms with Gasteiger partial charge in [0.15, 0.2) is 5.82 Å². The van der Waals surface area contributed by atoms with E-state index in [9.17, 15) is 0 Å². The van der Waals surface area contributed by atoms with Gasteiger partial charge in [-0.25, -0.2) is 14.6 Å². The zero-order valence-electron chi connectivity index (χ0n) is 14.9. The zero-order chi connectivity index (χ0) is 17.6. The Morgan fingerprint density at radius 1 is 0.885 bits per heavy atom. The smallest absolute Gasteiger partial charge is 0.158 e. The molecule has 0 spiro atoms. The van der Waals surface area contributed by atoms with Crippen molar-refractivity contribution in [2.45, 2.75) is 12.8 Å². The molecule has 0 radical (unpaired) electrons. The fourth-order valence-electron chi connectivity index (χ4n) is 3.39. The number of rotatable bonds is 6. The lowest BCUT2D eigenvalue weighted by atomic mass is 10.1. The molecule has 0 unspecified atom stereocenters. The van der Waals surface area contributed by atoms with Gasteiger partial charge in [-0.2, -0.15) is 5.10 Å². The average molecular weight is 348 g/mol. The molecular weight excluding hydrogens is 324 g/mol. The lowest BCUT2D eigenvalue weighted by molar-refractivity contribution is 0.254. The Labute approximate surface area is 154 Å². The van der Waals surface area contributed by atoms with Gasteiger partial charge in [0, 0.05) is 44.6 Å². The Morgan fingerprint density at radius 2 is 1.69 bits per heavy atom. The highest BCUT2D eigenvalue weighted by Crippen LogP contribution is 2.16. The van der Waals surface area contributed by atoms with Crippen LogP contribution < -0.4 is 4.90 Å². The third-order valence-corrected chi connectivity index (χ3v) is 4.86. The topological polar surface area (TPSA) is 50.1 Å². The number of hydrogen-bond donors (Lipinski definition) is 0. The second-order valence-corrected chi connectivity index (χ2v) is 6.60. The van der Waals surface area contributed by atoms with Crippen LogP contribution in [0.15, 0.2) is 61.2 Å². The van der Waals surface area contributed by atoms with Gasteiger partial charge in [0.2, 0.25) is 0 Å². The molecule has 0 aliphatic carbocycles. The number of hydrogen-bond acceptors (Lipinski definition) is 5. The van der Waals surface area contributed by atoms with Gasteiger partial charge in [0.1, 0.15) is 12.1 Å². The van der Waals surface area contributed by atoms with Gasteiger partial charge in [-0.1, -0.05) is 30.3 Å². The minimum atomic E-state index is 0.810. The Hall–Kier alpha value is -2.73. The van der Waals surface area contributed by atoms with E-state index in [1.807, 2.05) is 18.3 Å². The summed E-state index contributed by atoms with van der Waals surface area (Å²) >= 11 is 0. The largest absolute Gasteiger partial charge is 0.354 e. The standard InChI is InChI=1S/C20H24N6/c1-2-6-18(7-3-1)8-4-10-24-12-14-25(15-13-24)19-16-20(22-17-21-19)26-11-5-9-23-26/h1-3,5-7,9,11,16-17H,4,8,10,12-15H2. The van der Waals surface area contributed by atoms with Crippen molar-refractivity contribution in [2.24, 2.45) is 0 Å². The first-order valence-electron chi connectivity index (χ1n) is 9.22. The van der Waals surface area contributed by atoms with E-state index in [2.05, 4.69) is 55.2 Å². The summed E-state index contributed by atoms with van der Waals surface area (Å²) in [6, 6.07) is 14.6. The maximum absolute atomic E-state index is 4.45. The molecule has 1 saturated heterocycles. The van der Waals surface area contributed by atoms with Gasteiger partial charge in [-0.3, -0.25) is 4.90 Å². The maximum Gasteiger partial charge on any atom is 0.158 e. The molecule has 1 aliphatic heterocycles. The van der Waals surface area contributed by atoms with Crippen LogP contribution in [0.1, 0.15) is 12.0 Å². The van der Waals surface area contributed by atoms with Crippen LogP contribution in [-0.2, 0) is 6.42 Å². The molecule has 3 aromatic rings. The van der Waals surface area contributed by atoms with Crippen molar-refractivity contribution < 1.29 is 0 Å². The fourth-order valence-corrected chi connectivity index (χ4v) is 3.39. The van der Waals surface area contributed by atoms with E-state index in [1.54, 1.807) is 17.2 Å². The van der Waals surface area contributed by atoms with Crippen molar-refractivity contribution in [3.05, 3.63) is 66.7 Å². The Bertz CT molecular complexity index is 794. The molecule has 26 heavy (non-hydrogen) atoms. The maximum atomic E-state index is 4.45. The van der Waals surface area contributed by atoms with Crippen molar-refractivity contribution in [2.75, 3.05) is 37.6 Å². The molecule has 1 fully saturated rings. The minimum absolute atomic E-state index is 0.810. The molecule has 3 heterocycles. The summed E-state index contributed by atoms with van der Waals surface area (Å²) in [5, 5.41) is 4.24. The second-order valence-electron chi connectivity index (χ2n) is 6.60. The van der Waals surface area contributed by atoms with Crippen molar-refractivity contribution in [1.29, 1.82) is 0 Å². The summed E-state index contributed by atoms with van der Waals surface area (Å²) < 4.78 is 1.77. The first kappa shape index (κ1) is 16.7. The summed E-state index contributed by atoms with van der Waals surface area (Å²) in [6.07, 6.45) is 7.65. The first-order chi connectivity index (χ1) is 12.9. The predicted molar refractivity (Wildman–Crippen MR) is 103 cm³/mol. The zero-order valence-corrected chi connectivity index (χ0v) is 14.9. The molecule has 1 aromatic carbocycles. The molecule has 4 rings (SSSR count). The highest BCUT2D eigenvalue weighted by molar-refractivity contribution is 5.43. The molecule has 0 N–H and O–H groups in total. The predicted octanol–water partition coefficient (Wildman–Crippen LogP) is 2.42. The summed E-state index contributed by atoms with van der Waals surface area (Å²) in [7, 11) is 0. The highest BCUT2D eigenvalue weighted by atomic mass is 15.3. The summed E-state index contributed by atoms with van der Waals surface area (Å²) in [5.41, 5.74) is 1.43. The van der Waals surface area contributed by atoms with Gasteiger partial charge in [0.05, 0.1) is 0 Å². The SMILES string of the molecule is c1ccc(CCCN2CCN(c3cc(-n4cccn4)ncn3)CC2)cc1. The summed E-state index contributed by atoms with van der Waals surface area (Å²) in [5.74, 6) is 1.79. The van der Waals surface area contributed by atoms with E-state index >= 15 is 0 Å². The van der Waals surface area contributed by atoms with Crippen molar-refractivity contribution in [3.8, 4) is 5.82 Å². The molecule has 1 aliphatic rings. The van der Waals surface area contributed by atoms with Crippen molar-refractivity contribution in [1.82, 2.24) is 24.6 Å². The van der Waals surface area contributed by atoms with Gasteiger partial charge in [0.25, 0.3) is 0 Å². The fraction of sp³-hybridized carbons (Fsp3) is 0.350. The molecule has 0 bridgehead atoms. The molecule has 2 aromatic heterocycles. The van der Waals surface area contributed by atoms with Crippen molar-refractivity contribution in [3.63, 3.8) is 0 Å². The normalized spacial score (nSPS) is 15.3. The van der Waals surface area contributed by atoms with Crippen LogP contribution in [0.2, 0.25) is 0 Å². The molecule has 6 heteroatoms. The molecule has 0 saturated carbocycles. The second kappa shape index (κ2) is 8.10. The number of piperazine rings is 1. The summed E-state index contributed by atoms with van der Waals surface area (Å²) in [4.78, 5) is 13.7.